The molecule has 14 heavy (non-hydrogen) atoms. The summed E-state index contributed by atoms with van der Waals surface area (Å²) < 4.78 is 4.93. The molecular weight excluding hydrogens is 186 g/mol. The summed E-state index contributed by atoms with van der Waals surface area (Å²) in [4.78, 5) is 15.3. The second kappa shape index (κ2) is 4.45. The lowest BCUT2D eigenvalue weighted by molar-refractivity contribution is 0.0648. The number of hydrogen-bond acceptors (Lipinski definition) is 4. The Hall–Kier alpha value is -1.78. The van der Waals surface area contributed by atoms with Crippen molar-refractivity contribution in [2.24, 2.45) is 5.16 Å². The van der Waals surface area contributed by atoms with Crippen molar-refractivity contribution in [3.63, 3.8) is 0 Å². The van der Waals surface area contributed by atoms with Gasteiger partial charge in [-0.05, 0) is 26.0 Å². The first-order valence-corrected chi connectivity index (χ1v) is 4.05. The molecule has 0 amide bonds. The molecule has 0 saturated carbocycles. The predicted molar refractivity (Wildman–Crippen MR) is 49.2 cm³/mol. The largest absolute Gasteiger partial charge is 0.475 e. The maximum absolute atomic E-state index is 10.4. The molecule has 0 saturated heterocycles. The van der Waals surface area contributed by atoms with Gasteiger partial charge in [-0.15, -0.1) is 0 Å². The maximum atomic E-state index is 10.4. The van der Waals surface area contributed by atoms with Crippen LogP contribution in [0.4, 0.5) is 0 Å². The fraction of sp³-hybridized carbons (Fsp3) is 0.333. The number of hydrogen-bond donors (Lipinski definition) is 1. The van der Waals surface area contributed by atoms with Gasteiger partial charge in [0.15, 0.2) is 6.61 Å². The fourth-order valence-corrected chi connectivity index (χ4v) is 0.795. The van der Waals surface area contributed by atoms with E-state index in [2.05, 4.69) is 5.16 Å². The van der Waals surface area contributed by atoms with Crippen LogP contribution in [0.5, 0.6) is 0 Å². The van der Waals surface area contributed by atoms with E-state index in [9.17, 15) is 4.79 Å². The van der Waals surface area contributed by atoms with Crippen LogP contribution in [-0.4, -0.2) is 16.8 Å². The number of oxime groups is 1. The van der Waals surface area contributed by atoms with E-state index >= 15 is 0 Å². The number of rotatable bonds is 4. The average molecular weight is 197 g/mol. The Morgan fingerprint density at radius 3 is 2.79 bits per heavy atom. The number of aromatic carboxylic acids is 1. The van der Waals surface area contributed by atoms with Gasteiger partial charge in [0.25, 0.3) is 0 Å². The molecule has 0 aromatic carbocycles. The quantitative estimate of drug-likeness (QED) is 0.591. The lowest BCUT2D eigenvalue weighted by Crippen LogP contribution is -1.92. The van der Waals surface area contributed by atoms with Crippen LogP contribution in [0, 0.1) is 0 Å². The zero-order valence-electron chi connectivity index (χ0n) is 7.98. The third-order valence-corrected chi connectivity index (χ3v) is 1.33. The predicted octanol–water partition coefficient (Wildman–Crippen LogP) is 1.89. The standard InChI is InChI=1S/C9H11NO4/c1-6(2)10-13-5-7-3-4-8(14-7)9(11)12/h3-4H,5H2,1-2H3,(H,11,12). The van der Waals surface area contributed by atoms with Crippen LogP contribution in [0.25, 0.3) is 0 Å². The number of carbonyl (C=O) groups is 1. The highest BCUT2D eigenvalue weighted by Crippen LogP contribution is 2.08. The van der Waals surface area contributed by atoms with Crippen LogP contribution >= 0.6 is 0 Å². The van der Waals surface area contributed by atoms with Gasteiger partial charge in [0, 0.05) is 0 Å². The minimum atomic E-state index is -1.09. The molecule has 5 nitrogen and oxygen atoms in total. The van der Waals surface area contributed by atoms with E-state index < -0.39 is 5.97 Å². The van der Waals surface area contributed by atoms with Gasteiger partial charge < -0.3 is 14.4 Å². The van der Waals surface area contributed by atoms with Gasteiger partial charge in [-0.1, -0.05) is 5.16 Å². The maximum Gasteiger partial charge on any atom is 0.371 e. The molecule has 1 aromatic rings. The molecule has 0 aliphatic rings. The summed E-state index contributed by atoms with van der Waals surface area (Å²) in [5.74, 6) is -0.750. The summed E-state index contributed by atoms with van der Waals surface area (Å²) in [7, 11) is 0. The molecule has 0 spiro atoms. The Bertz CT molecular complexity index is 349. The van der Waals surface area contributed by atoms with Crippen molar-refractivity contribution in [1.82, 2.24) is 0 Å². The third-order valence-electron chi connectivity index (χ3n) is 1.33. The number of nitrogens with zero attached hydrogens (tertiary/aromatic N) is 1. The molecule has 0 radical (unpaired) electrons. The molecule has 1 heterocycles. The molecule has 1 rings (SSSR count). The number of carboxylic acid groups (broad SMARTS) is 1. The Morgan fingerprint density at radius 1 is 1.57 bits per heavy atom. The van der Waals surface area contributed by atoms with E-state index in [1.807, 2.05) is 0 Å². The first-order valence-electron chi connectivity index (χ1n) is 4.05. The average Bonchev–Trinajstić information content (AvgIpc) is 2.52. The highest BCUT2D eigenvalue weighted by atomic mass is 16.6. The SMILES string of the molecule is CC(C)=NOCc1ccc(C(=O)O)o1. The van der Waals surface area contributed by atoms with Gasteiger partial charge in [0.05, 0.1) is 5.71 Å². The van der Waals surface area contributed by atoms with Crippen LogP contribution in [-0.2, 0) is 11.4 Å². The molecule has 0 aliphatic carbocycles. The van der Waals surface area contributed by atoms with Crippen LogP contribution in [0.2, 0.25) is 0 Å². The summed E-state index contributed by atoms with van der Waals surface area (Å²) in [5.41, 5.74) is 0.787. The lowest BCUT2D eigenvalue weighted by atomic mass is 10.4. The Labute approximate surface area is 81.0 Å². The van der Waals surface area contributed by atoms with Gasteiger partial charge in [0.2, 0.25) is 5.76 Å². The molecule has 0 bridgehead atoms. The zero-order valence-corrected chi connectivity index (χ0v) is 7.98. The highest BCUT2D eigenvalue weighted by molar-refractivity contribution is 5.84. The van der Waals surface area contributed by atoms with Crippen molar-refractivity contribution in [3.8, 4) is 0 Å². The Kier molecular flexibility index (Phi) is 3.28. The van der Waals surface area contributed by atoms with Gasteiger partial charge in [-0.2, -0.15) is 0 Å². The number of furan rings is 1. The van der Waals surface area contributed by atoms with Crippen molar-refractivity contribution in [2.45, 2.75) is 20.5 Å². The third kappa shape index (κ3) is 2.93. The van der Waals surface area contributed by atoms with Crippen LogP contribution in [0.3, 0.4) is 0 Å². The van der Waals surface area contributed by atoms with Crippen molar-refractivity contribution >= 4 is 11.7 Å². The summed E-state index contributed by atoms with van der Waals surface area (Å²) in [6.45, 7) is 3.73. The van der Waals surface area contributed by atoms with Crippen molar-refractivity contribution < 1.29 is 19.2 Å². The highest BCUT2D eigenvalue weighted by Gasteiger charge is 2.08. The minimum Gasteiger partial charge on any atom is -0.475 e. The second-order valence-corrected chi connectivity index (χ2v) is 2.88. The Balaban J connectivity index is 2.52. The van der Waals surface area contributed by atoms with Gasteiger partial charge in [0.1, 0.15) is 5.76 Å². The zero-order chi connectivity index (χ0) is 10.6. The van der Waals surface area contributed by atoms with E-state index in [1.165, 1.54) is 6.07 Å². The topological polar surface area (TPSA) is 72.0 Å². The van der Waals surface area contributed by atoms with Crippen molar-refractivity contribution in [3.05, 3.63) is 23.7 Å². The summed E-state index contributed by atoms with van der Waals surface area (Å²) in [6, 6.07) is 2.92. The minimum absolute atomic E-state index is 0.0965. The molecule has 1 aromatic heterocycles. The van der Waals surface area contributed by atoms with Gasteiger partial charge >= 0.3 is 5.97 Å². The summed E-state index contributed by atoms with van der Waals surface area (Å²) in [5, 5.41) is 12.2. The van der Waals surface area contributed by atoms with Crippen LogP contribution in [0.1, 0.15) is 30.2 Å². The summed E-state index contributed by atoms with van der Waals surface area (Å²) in [6.07, 6.45) is 0. The monoisotopic (exact) mass is 197 g/mol. The van der Waals surface area contributed by atoms with E-state index in [-0.39, 0.29) is 12.4 Å². The molecular formula is C9H11NO4. The van der Waals surface area contributed by atoms with Crippen LogP contribution < -0.4 is 0 Å². The van der Waals surface area contributed by atoms with Gasteiger partial charge in [-0.3, -0.25) is 0 Å². The molecule has 0 unspecified atom stereocenters. The molecule has 0 atom stereocenters. The van der Waals surface area contributed by atoms with Gasteiger partial charge in [-0.25, -0.2) is 4.79 Å². The Morgan fingerprint density at radius 2 is 2.29 bits per heavy atom. The first-order chi connectivity index (χ1) is 6.59. The van der Waals surface area contributed by atoms with E-state index in [0.29, 0.717) is 5.76 Å². The molecule has 0 fully saturated rings. The molecule has 5 heteroatoms. The smallest absolute Gasteiger partial charge is 0.371 e. The van der Waals surface area contributed by atoms with Crippen LogP contribution in [0.15, 0.2) is 21.7 Å². The first kappa shape index (κ1) is 10.3. The molecule has 0 aliphatic heterocycles. The van der Waals surface area contributed by atoms with E-state index in [1.54, 1.807) is 19.9 Å². The number of carboxylic acids is 1. The molecule has 1 N–H and O–H groups in total. The van der Waals surface area contributed by atoms with Crippen molar-refractivity contribution in [1.29, 1.82) is 0 Å². The van der Waals surface area contributed by atoms with Crippen molar-refractivity contribution in [2.75, 3.05) is 0 Å². The normalized spacial score (nSPS) is 9.57. The second-order valence-electron chi connectivity index (χ2n) is 2.88. The molecule has 76 valence electrons. The van der Waals surface area contributed by atoms with E-state index in [4.69, 9.17) is 14.4 Å². The lowest BCUT2D eigenvalue weighted by Gasteiger charge is -1.95. The summed E-state index contributed by atoms with van der Waals surface area (Å²) >= 11 is 0. The van der Waals surface area contributed by atoms with E-state index in [0.717, 1.165) is 5.71 Å². The fourth-order valence-electron chi connectivity index (χ4n) is 0.795.